The minimum Gasteiger partial charge on any atom is -0.497 e. The standard InChI is InChI=1S/C18H17N3O5S/c1-25-14-8-9-16(26-2)15(11-14)19-18(27)20-17(22)10-5-12-3-6-13(7-4-12)21(23)24/h3-11H,1-2H3,(H2,19,20,22,27)/b10-5+. The largest absolute Gasteiger partial charge is 0.497 e. The summed E-state index contributed by atoms with van der Waals surface area (Å²) in [6.07, 6.45) is 2.80. The number of anilines is 1. The number of amides is 1. The second-order valence-corrected chi connectivity index (χ2v) is 5.60. The molecule has 0 unspecified atom stereocenters. The zero-order valence-electron chi connectivity index (χ0n) is 14.6. The molecule has 0 heterocycles. The summed E-state index contributed by atoms with van der Waals surface area (Å²) in [5.41, 5.74) is 1.17. The Morgan fingerprint density at radius 2 is 1.85 bits per heavy atom. The molecule has 9 heteroatoms. The van der Waals surface area contributed by atoms with Gasteiger partial charge in [0.25, 0.3) is 5.69 Å². The summed E-state index contributed by atoms with van der Waals surface area (Å²) >= 11 is 5.13. The zero-order chi connectivity index (χ0) is 19.8. The van der Waals surface area contributed by atoms with Crippen molar-refractivity contribution in [1.82, 2.24) is 5.32 Å². The van der Waals surface area contributed by atoms with Crippen LogP contribution in [-0.4, -0.2) is 30.2 Å². The summed E-state index contributed by atoms with van der Waals surface area (Å²) in [5, 5.41) is 16.1. The lowest BCUT2D eigenvalue weighted by Crippen LogP contribution is -2.32. The van der Waals surface area contributed by atoms with Crippen molar-refractivity contribution >= 4 is 40.7 Å². The molecule has 2 aromatic rings. The maximum Gasteiger partial charge on any atom is 0.269 e. The predicted octanol–water partition coefficient (Wildman–Crippen LogP) is 3.14. The Morgan fingerprint density at radius 3 is 2.44 bits per heavy atom. The van der Waals surface area contributed by atoms with Crippen LogP contribution in [0.3, 0.4) is 0 Å². The van der Waals surface area contributed by atoms with Crippen molar-refractivity contribution in [1.29, 1.82) is 0 Å². The summed E-state index contributed by atoms with van der Waals surface area (Å²) < 4.78 is 10.4. The Kier molecular flexibility index (Phi) is 6.84. The van der Waals surface area contributed by atoms with E-state index in [9.17, 15) is 14.9 Å². The maximum atomic E-state index is 12.0. The van der Waals surface area contributed by atoms with Crippen LogP contribution >= 0.6 is 12.2 Å². The highest BCUT2D eigenvalue weighted by atomic mass is 32.1. The van der Waals surface area contributed by atoms with Crippen LogP contribution in [0.2, 0.25) is 0 Å². The van der Waals surface area contributed by atoms with E-state index in [2.05, 4.69) is 10.6 Å². The minimum atomic E-state index is -0.489. The summed E-state index contributed by atoms with van der Waals surface area (Å²) in [5.74, 6) is 0.687. The van der Waals surface area contributed by atoms with Crippen LogP contribution < -0.4 is 20.1 Å². The molecular formula is C18H17N3O5S. The molecule has 2 N–H and O–H groups in total. The normalized spacial score (nSPS) is 10.3. The van der Waals surface area contributed by atoms with Crippen molar-refractivity contribution in [2.24, 2.45) is 0 Å². The first-order valence-electron chi connectivity index (χ1n) is 7.69. The first kappa shape index (κ1) is 19.9. The molecule has 2 aromatic carbocycles. The summed E-state index contributed by atoms with van der Waals surface area (Å²) in [7, 11) is 3.05. The molecule has 2 rings (SSSR count). The highest BCUT2D eigenvalue weighted by Gasteiger charge is 2.08. The summed E-state index contributed by atoms with van der Waals surface area (Å²) in [6, 6.07) is 10.9. The molecule has 0 spiro atoms. The smallest absolute Gasteiger partial charge is 0.269 e. The third kappa shape index (κ3) is 5.79. The molecule has 0 aliphatic heterocycles. The van der Waals surface area contributed by atoms with Gasteiger partial charge in [0.05, 0.1) is 24.8 Å². The number of rotatable bonds is 6. The van der Waals surface area contributed by atoms with Crippen LogP contribution in [0.25, 0.3) is 6.08 Å². The molecule has 0 bridgehead atoms. The molecule has 0 fully saturated rings. The van der Waals surface area contributed by atoms with Gasteiger partial charge in [0, 0.05) is 24.3 Å². The lowest BCUT2D eigenvalue weighted by Gasteiger charge is -2.13. The van der Waals surface area contributed by atoms with Gasteiger partial charge in [-0.15, -0.1) is 0 Å². The molecule has 27 heavy (non-hydrogen) atoms. The number of ether oxygens (including phenoxy) is 2. The fourth-order valence-electron chi connectivity index (χ4n) is 2.10. The third-order valence-corrected chi connectivity index (χ3v) is 3.63. The maximum absolute atomic E-state index is 12.0. The lowest BCUT2D eigenvalue weighted by molar-refractivity contribution is -0.384. The second kappa shape index (κ2) is 9.30. The van der Waals surface area contributed by atoms with Gasteiger partial charge in [0.2, 0.25) is 5.91 Å². The van der Waals surface area contributed by atoms with Crippen molar-refractivity contribution in [2.45, 2.75) is 0 Å². The molecule has 0 aromatic heterocycles. The van der Waals surface area contributed by atoms with Gasteiger partial charge in [-0.05, 0) is 48.1 Å². The van der Waals surface area contributed by atoms with Crippen molar-refractivity contribution in [3.63, 3.8) is 0 Å². The fraction of sp³-hybridized carbons (Fsp3) is 0.111. The predicted molar refractivity (Wildman–Crippen MR) is 106 cm³/mol. The van der Waals surface area contributed by atoms with E-state index in [1.54, 1.807) is 30.3 Å². The Bertz CT molecular complexity index is 881. The van der Waals surface area contributed by atoms with Crippen LogP contribution in [0.1, 0.15) is 5.56 Å². The van der Waals surface area contributed by atoms with Gasteiger partial charge in [0.1, 0.15) is 11.5 Å². The molecule has 0 aliphatic carbocycles. The van der Waals surface area contributed by atoms with Crippen LogP contribution in [0.4, 0.5) is 11.4 Å². The van der Waals surface area contributed by atoms with E-state index in [0.717, 1.165) is 0 Å². The number of non-ortho nitro benzene ring substituents is 1. The van der Waals surface area contributed by atoms with Crippen molar-refractivity contribution in [2.75, 3.05) is 19.5 Å². The monoisotopic (exact) mass is 387 g/mol. The fourth-order valence-corrected chi connectivity index (χ4v) is 2.31. The number of methoxy groups -OCH3 is 2. The number of carbonyl (C=O) groups excluding carboxylic acids is 1. The molecule has 0 radical (unpaired) electrons. The number of hydrogen-bond acceptors (Lipinski definition) is 6. The van der Waals surface area contributed by atoms with E-state index >= 15 is 0 Å². The highest BCUT2D eigenvalue weighted by Crippen LogP contribution is 2.28. The molecule has 8 nitrogen and oxygen atoms in total. The molecule has 1 amide bonds. The van der Waals surface area contributed by atoms with Gasteiger partial charge in [-0.2, -0.15) is 0 Å². The van der Waals surface area contributed by atoms with Gasteiger partial charge in [-0.25, -0.2) is 0 Å². The Hall–Kier alpha value is -3.46. The number of carbonyl (C=O) groups is 1. The zero-order valence-corrected chi connectivity index (χ0v) is 15.4. The molecular weight excluding hydrogens is 370 g/mol. The van der Waals surface area contributed by atoms with Gasteiger partial charge in [-0.3, -0.25) is 20.2 Å². The number of nitrogens with one attached hydrogen (secondary N) is 2. The van der Waals surface area contributed by atoms with E-state index in [1.807, 2.05) is 0 Å². The van der Waals surface area contributed by atoms with E-state index < -0.39 is 10.8 Å². The third-order valence-electron chi connectivity index (χ3n) is 3.42. The number of nitro groups is 1. The number of benzene rings is 2. The van der Waals surface area contributed by atoms with Crippen LogP contribution in [0.15, 0.2) is 48.5 Å². The average Bonchev–Trinajstić information content (AvgIpc) is 2.66. The van der Waals surface area contributed by atoms with Crippen LogP contribution in [0.5, 0.6) is 11.5 Å². The minimum absolute atomic E-state index is 0.0192. The number of thiocarbonyl (C=S) groups is 1. The quantitative estimate of drug-likeness (QED) is 0.340. The number of nitrogens with zero attached hydrogens (tertiary/aromatic N) is 1. The molecule has 0 aliphatic rings. The van der Waals surface area contributed by atoms with E-state index in [0.29, 0.717) is 22.7 Å². The van der Waals surface area contributed by atoms with Crippen molar-refractivity contribution < 1.29 is 19.2 Å². The average molecular weight is 387 g/mol. The first-order valence-corrected chi connectivity index (χ1v) is 8.10. The lowest BCUT2D eigenvalue weighted by atomic mass is 10.2. The molecule has 0 atom stereocenters. The van der Waals surface area contributed by atoms with E-state index in [4.69, 9.17) is 21.7 Å². The van der Waals surface area contributed by atoms with Crippen molar-refractivity contribution in [3.05, 3.63) is 64.2 Å². The first-order chi connectivity index (χ1) is 12.9. The SMILES string of the molecule is COc1ccc(OC)c(NC(=S)NC(=O)/C=C/c2ccc([N+](=O)[O-])cc2)c1. The molecule has 0 saturated heterocycles. The summed E-state index contributed by atoms with van der Waals surface area (Å²) in [4.78, 5) is 22.1. The molecule has 140 valence electrons. The van der Waals surface area contributed by atoms with Gasteiger partial charge in [0.15, 0.2) is 5.11 Å². The summed E-state index contributed by atoms with van der Waals surface area (Å²) in [6.45, 7) is 0. The van der Waals surface area contributed by atoms with Gasteiger partial charge in [-0.1, -0.05) is 0 Å². The van der Waals surface area contributed by atoms with Crippen LogP contribution in [-0.2, 0) is 4.79 Å². The van der Waals surface area contributed by atoms with Crippen LogP contribution in [0, 0.1) is 10.1 Å². The Morgan fingerprint density at radius 1 is 1.15 bits per heavy atom. The highest BCUT2D eigenvalue weighted by molar-refractivity contribution is 7.80. The number of hydrogen-bond donors (Lipinski definition) is 2. The Labute approximate surface area is 160 Å². The Balaban J connectivity index is 1.97. The van der Waals surface area contributed by atoms with Crippen molar-refractivity contribution in [3.8, 4) is 11.5 Å². The van der Waals surface area contributed by atoms with E-state index in [-0.39, 0.29) is 10.8 Å². The molecule has 0 saturated carbocycles. The van der Waals surface area contributed by atoms with E-state index in [1.165, 1.54) is 38.5 Å². The second-order valence-electron chi connectivity index (χ2n) is 5.19. The van der Waals surface area contributed by atoms with Gasteiger partial charge < -0.3 is 14.8 Å². The topological polar surface area (TPSA) is 103 Å². The van der Waals surface area contributed by atoms with Gasteiger partial charge >= 0.3 is 0 Å². The number of nitro benzene ring substituents is 1.